The largest absolute Gasteiger partial charge is 0.416 e. The molecule has 0 saturated carbocycles. The maximum atomic E-state index is 4.81. The van der Waals surface area contributed by atoms with Crippen LogP contribution in [0, 0.1) is 0 Å². The van der Waals surface area contributed by atoms with Crippen molar-refractivity contribution in [2.24, 2.45) is 0 Å². The number of alkyl halides is 1. The quantitative estimate of drug-likeness (QED) is 0.383. The second-order valence-electron chi connectivity index (χ2n) is 0.779. The normalized spacial score (nSPS) is 15.6. The van der Waals surface area contributed by atoms with Crippen LogP contribution in [0.15, 0.2) is 0 Å². The van der Waals surface area contributed by atoms with Gasteiger partial charge in [-0.1, -0.05) is 15.9 Å². The molecule has 0 spiro atoms. The van der Waals surface area contributed by atoms with Crippen LogP contribution in [0.1, 0.15) is 6.92 Å². The number of hydrogen-bond donors (Lipinski definition) is 0. The topological polar surface area (TPSA) is 9.23 Å². The van der Waals surface area contributed by atoms with Crippen molar-refractivity contribution in [1.29, 1.82) is 0 Å². The van der Waals surface area contributed by atoms with Crippen LogP contribution in [0.4, 0.5) is 0 Å². The van der Waals surface area contributed by atoms with Gasteiger partial charge in [0.2, 0.25) is 0 Å². The SMILES string of the molecule is CC(Br)O[SiH3]. The Morgan fingerprint density at radius 2 is 2.20 bits per heavy atom. The predicted molar refractivity (Wildman–Crippen MR) is 29.4 cm³/mol. The highest BCUT2D eigenvalue weighted by atomic mass is 79.9. The molecule has 0 saturated heterocycles. The van der Waals surface area contributed by atoms with Crippen LogP contribution >= 0.6 is 15.9 Å². The van der Waals surface area contributed by atoms with E-state index >= 15 is 0 Å². The summed E-state index contributed by atoms with van der Waals surface area (Å²) >= 11 is 3.19. The highest BCUT2D eigenvalue weighted by Gasteiger charge is 1.80. The molecule has 1 nitrogen and oxygen atoms in total. The van der Waals surface area contributed by atoms with Gasteiger partial charge in [-0.05, 0) is 6.92 Å². The Morgan fingerprint density at radius 3 is 2.20 bits per heavy atom. The molecule has 0 aliphatic rings. The molecule has 0 amide bonds. The van der Waals surface area contributed by atoms with Gasteiger partial charge in [0.05, 0.1) is 5.01 Å². The average Bonchev–Trinajstić information content (AvgIpc) is 1.38. The summed E-state index contributed by atoms with van der Waals surface area (Å²) in [4.78, 5) is 0. The number of halogens is 1. The molecular formula is C2H7BrOSi. The lowest BCUT2D eigenvalue weighted by molar-refractivity contribution is 0.347. The first-order valence-corrected chi connectivity index (χ1v) is 3.17. The van der Waals surface area contributed by atoms with Crippen molar-refractivity contribution in [2.45, 2.75) is 11.9 Å². The lowest BCUT2D eigenvalue weighted by Gasteiger charge is -1.93. The highest BCUT2D eigenvalue weighted by Crippen LogP contribution is 1.93. The summed E-state index contributed by atoms with van der Waals surface area (Å²) in [5.41, 5.74) is 0. The Balaban J connectivity index is 2.54. The van der Waals surface area contributed by atoms with Gasteiger partial charge in [-0.2, -0.15) is 0 Å². The lowest BCUT2D eigenvalue weighted by atomic mass is 10.9. The average molecular weight is 155 g/mol. The van der Waals surface area contributed by atoms with Gasteiger partial charge in [0.1, 0.15) is 10.5 Å². The minimum Gasteiger partial charge on any atom is -0.416 e. The molecule has 5 heavy (non-hydrogen) atoms. The van der Waals surface area contributed by atoms with Gasteiger partial charge in [0, 0.05) is 0 Å². The summed E-state index contributed by atoms with van der Waals surface area (Å²) < 4.78 is 4.81. The summed E-state index contributed by atoms with van der Waals surface area (Å²) in [5.74, 6) is 0. The van der Waals surface area contributed by atoms with E-state index in [1.165, 1.54) is 0 Å². The molecule has 32 valence electrons. The third-order valence-electron chi connectivity index (χ3n) is 0.325. The molecule has 0 aromatic rings. The minimum atomic E-state index is 0.258. The van der Waals surface area contributed by atoms with Crippen LogP contribution in [0.25, 0.3) is 0 Å². The van der Waals surface area contributed by atoms with Gasteiger partial charge in [0.15, 0.2) is 0 Å². The first-order chi connectivity index (χ1) is 2.27. The Morgan fingerprint density at radius 1 is 2.00 bits per heavy atom. The molecule has 0 aliphatic heterocycles. The van der Waals surface area contributed by atoms with Crippen molar-refractivity contribution >= 4 is 26.4 Å². The van der Waals surface area contributed by atoms with Crippen LogP contribution in [-0.2, 0) is 4.43 Å². The summed E-state index contributed by atoms with van der Waals surface area (Å²) in [5, 5.41) is 0.258. The zero-order chi connectivity index (χ0) is 4.28. The molecule has 0 heterocycles. The van der Waals surface area contributed by atoms with E-state index in [0.29, 0.717) is 0 Å². The zero-order valence-corrected chi connectivity index (χ0v) is 6.95. The van der Waals surface area contributed by atoms with Gasteiger partial charge < -0.3 is 4.43 Å². The highest BCUT2D eigenvalue weighted by molar-refractivity contribution is 9.09. The van der Waals surface area contributed by atoms with Crippen LogP contribution in [0.2, 0.25) is 0 Å². The molecule has 0 aromatic heterocycles. The monoisotopic (exact) mass is 154 g/mol. The molecule has 0 aromatic carbocycles. The second kappa shape index (κ2) is 2.87. The van der Waals surface area contributed by atoms with E-state index < -0.39 is 0 Å². The molecule has 0 N–H and O–H groups in total. The maximum absolute atomic E-state index is 4.81. The van der Waals surface area contributed by atoms with E-state index in [0.717, 1.165) is 10.5 Å². The van der Waals surface area contributed by atoms with Crippen LogP contribution in [-0.4, -0.2) is 15.5 Å². The molecule has 3 heteroatoms. The Kier molecular flexibility index (Phi) is 3.25. The van der Waals surface area contributed by atoms with Crippen LogP contribution in [0.5, 0.6) is 0 Å². The fourth-order valence-electron chi connectivity index (χ4n) is 0. The van der Waals surface area contributed by atoms with E-state index in [-0.39, 0.29) is 5.01 Å². The van der Waals surface area contributed by atoms with Gasteiger partial charge in [-0.25, -0.2) is 0 Å². The van der Waals surface area contributed by atoms with E-state index in [2.05, 4.69) is 15.9 Å². The fourth-order valence-corrected chi connectivity index (χ4v) is 0. The van der Waals surface area contributed by atoms with Gasteiger partial charge in [-0.3, -0.25) is 0 Å². The zero-order valence-electron chi connectivity index (χ0n) is 3.36. The van der Waals surface area contributed by atoms with Crippen molar-refractivity contribution in [1.82, 2.24) is 0 Å². The van der Waals surface area contributed by atoms with Gasteiger partial charge >= 0.3 is 0 Å². The third kappa shape index (κ3) is 4.66. The molecule has 0 rings (SSSR count). The molecule has 1 atom stereocenters. The van der Waals surface area contributed by atoms with Crippen molar-refractivity contribution in [3.05, 3.63) is 0 Å². The standard InChI is InChI=1S/C2H7BrOSi/c1-2(3)4-5/h2H,1,5H3. The van der Waals surface area contributed by atoms with Crippen molar-refractivity contribution < 1.29 is 4.43 Å². The molecule has 0 fully saturated rings. The lowest BCUT2D eigenvalue weighted by Crippen LogP contribution is -1.90. The van der Waals surface area contributed by atoms with Gasteiger partial charge in [0.25, 0.3) is 0 Å². The van der Waals surface area contributed by atoms with E-state index in [9.17, 15) is 0 Å². The summed E-state index contributed by atoms with van der Waals surface area (Å²) in [6.45, 7) is 1.95. The Hall–Kier alpha value is 0.657. The molecule has 0 aliphatic carbocycles. The van der Waals surface area contributed by atoms with Crippen LogP contribution < -0.4 is 0 Å². The fraction of sp³-hybridized carbons (Fsp3) is 1.00. The third-order valence-corrected chi connectivity index (χ3v) is 2.10. The summed E-state index contributed by atoms with van der Waals surface area (Å²) in [7, 11) is 0.827. The van der Waals surface area contributed by atoms with E-state index in [1.807, 2.05) is 6.92 Å². The number of rotatable bonds is 1. The molecular weight excluding hydrogens is 148 g/mol. The van der Waals surface area contributed by atoms with Crippen molar-refractivity contribution in [2.75, 3.05) is 0 Å². The maximum Gasteiger partial charge on any atom is 0.147 e. The Labute approximate surface area is 43.4 Å². The van der Waals surface area contributed by atoms with Gasteiger partial charge in [-0.15, -0.1) is 0 Å². The smallest absolute Gasteiger partial charge is 0.147 e. The van der Waals surface area contributed by atoms with E-state index in [1.54, 1.807) is 0 Å². The first kappa shape index (κ1) is 5.66. The van der Waals surface area contributed by atoms with Crippen LogP contribution in [0.3, 0.4) is 0 Å². The Bertz CT molecular complexity index is 23.6. The summed E-state index contributed by atoms with van der Waals surface area (Å²) in [6.07, 6.45) is 0. The second-order valence-corrected chi connectivity index (χ2v) is 2.54. The predicted octanol–water partition coefficient (Wildman–Crippen LogP) is 0.0243. The molecule has 0 bridgehead atoms. The van der Waals surface area contributed by atoms with E-state index in [4.69, 9.17) is 4.43 Å². The first-order valence-electron chi connectivity index (χ1n) is 1.44. The minimum absolute atomic E-state index is 0.258. The van der Waals surface area contributed by atoms with Crippen molar-refractivity contribution in [3.63, 3.8) is 0 Å². The number of hydrogen-bond acceptors (Lipinski definition) is 1. The van der Waals surface area contributed by atoms with Crippen molar-refractivity contribution in [3.8, 4) is 0 Å². The molecule has 1 unspecified atom stereocenters. The summed E-state index contributed by atoms with van der Waals surface area (Å²) in [6, 6.07) is 0. The molecule has 0 radical (unpaired) electrons.